The standard InChI is InChI=1S/C33H36O4/c1-5-21(2)31(34)36-30-14-11-22(12-15-30)32(35)37-33(3,4)29-13-10-25-18-26-16-23-8-6-7-9-24(23)17-27(26)19-28(25)20-29/h6-10,13,16-22,30H,5,11-12,14-15H2,1-4H3. The van der Waals surface area contributed by atoms with Crippen molar-refractivity contribution in [1.82, 2.24) is 0 Å². The largest absolute Gasteiger partial charge is 0.462 e. The molecule has 0 N–H and O–H groups in total. The minimum atomic E-state index is -0.747. The van der Waals surface area contributed by atoms with Crippen LogP contribution < -0.4 is 0 Å². The van der Waals surface area contributed by atoms with E-state index in [4.69, 9.17) is 9.47 Å². The molecule has 0 saturated heterocycles. The number of carbonyl (C=O) groups excluding carboxylic acids is 2. The van der Waals surface area contributed by atoms with Crippen LogP contribution in [0.4, 0.5) is 0 Å². The lowest BCUT2D eigenvalue weighted by atomic mass is 9.87. The number of carbonyl (C=O) groups is 2. The van der Waals surface area contributed by atoms with Gasteiger partial charge in [0, 0.05) is 0 Å². The van der Waals surface area contributed by atoms with Gasteiger partial charge in [-0.1, -0.05) is 50.2 Å². The number of esters is 2. The molecule has 0 bridgehead atoms. The van der Waals surface area contributed by atoms with Crippen molar-refractivity contribution in [2.75, 3.05) is 0 Å². The van der Waals surface area contributed by atoms with E-state index in [1.165, 1.54) is 26.9 Å². The lowest BCUT2D eigenvalue weighted by Crippen LogP contribution is -2.34. The molecule has 0 amide bonds. The third-order valence-electron chi connectivity index (χ3n) is 8.02. The predicted octanol–water partition coefficient (Wildman–Crippen LogP) is 8.07. The number of fused-ring (bicyclic) bond motifs is 3. The van der Waals surface area contributed by atoms with Gasteiger partial charge in [-0.2, -0.15) is 0 Å². The Hall–Kier alpha value is -3.40. The van der Waals surface area contributed by atoms with Gasteiger partial charge in [-0.05, 0) is 114 Å². The topological polar surface area (TPSA) is 52.6 Å². The lowest BCUT2D eigenvalue weighted by Gasteiger charge is -2.32. The molecular weight excluding hydrogens is 460 g/mol. The molecule has 0 aromatic heterocycles. The fourth-order valence-electron chi connectivity index (χ4n) is 5.32. The average molecular weight is 497 g/mol. The van der Waals surface area contributed by atoms with Crippen LogP contribution in [0.15, 0.2) is 66.7 Å². The molecule has 1 atom stereocenters. The summed E-state index contributed by atoms with van der Waals surface area (Å²) in [6.45, 7) is 7.80. The van der Waals surface area contributed by atoms with Crippen molar-refractivity contribution in [3.05, 3.63) is 72.3 Å². The van der Waals surface area contributed by atoms with Gasteiger partial charge in [0.2, 0.25) is 0 Å². The SMILES string of the molecule is CCC(C)C(=O)OC1CCC(C(=O)OC(C)(C)c2ccc3cc4cc5ccccc5cc4cc3c2)CC1. The summed E-state index contributed by atoms with van der Waals surface area (Å²) in [5.41, 5.74) is 0.230. The van der Waals surface area contributed by atoms with Crippen LogP contribution in [0.3, 0.4) is 0 Å². The zero-order chi connectivity index (χ0) is 26.2. The predicted molar refractivity (Wildman–Crippen MR) is 149 cm³/mol. The number of rotatable bonds is 6. The zero-order valence-corrected chi connectivity index (χ0v) is 22.3. The van der Waals surface area contributed by atoms with Crippen molar-refractivity contribution in [2.24, 2.45) is 11.8 Å². The molecule has 4 nitrogen and oxygen atoms in total. The van der Waals surface area contributed by atoms with Gasteiger partial charge in [-0.15, -0.1) is 0 Å². The summed E-state index contributed by atoms with van der Waals surface area (Å²) in [4.78, 5) is 25.2. The molecule has 1 aliphatic rings. The van der Waals surface area contributed by atoms with Crippen LogP contribution in [0.1, 0.15) is 65.4 Å². The Balaban J connectivity index is 1.29. The van der Waals surface area contributed by atoms with Crippen molar-refractivity contribution in [3.63, 3.8) is 0 Å². The molecule has 0 aliphatic heterocycles. The van der Waals surface area contributed by atoms with Gasteiger partial charge in [-0.3, -0.25) is 9.59 Å². The van der Waals surface area contributed by atoms with Crippen molar-refractivity contribution in [1.29, 1.82) is 0 Å². The molecule has 4 aromatic rings. The van der Waals surface area contributed by atoms with Crippen LogP contribution in [-0.2, 0) is 24.7 Å². The molecule has 1 fully saturated rings. The molecular formula is C33H36O4. The van der Waals surface area contributed by atoms with Gasteiger partial charge >= 0.3 is 11.9 Å². The van der Waals surface area contributed by atoms with Crippen molar-refractivity contribution >= 4 is 44.3 Å². The molecule has 192 valence electrons. The quantitative estimate of drug-likeness (QED) is 0.200. The highest BCUT2D eigenvalue weighted by molar-refractivity contribution is 6.04. The Bertz CT molecular complexity index is 1460. The molecule has 0 heterocycles. The van der Waals surface area contributed by atoms with Gasteiger partial charge in [0.25, 0.3) is 0 Å². The first-order valence-corrected chi connectivity index (χ1v) is 13.5. The maximum absolute atomic E-state index is 13.1. The Kier molecular flexibility index (Phi) is 6.94. The molecule has 1 unspecified atom stereocenters. The minimum absolute atomic E-state index is 0.0808. The molecule has 1 aliphatic carbocycles. The van der Waals surface area contributed by atoms with E-state index in [1.54, 1.807) is 0 Å². The first-order chi connectivity index (χ1) is 17.7. The summed E-state index contributed by atoms with van der Waals surface area (Å²) in [5, 5.41) is 7.18. The van der Waals surface area contributed by atoms with Crippen molar-refractivity contribution in [3.8, 4) is 0 Å². The van der Waals surface area contributed by atoms with Gasteiger partial charge in [0.15, 0.2) is 0 Å². The van der Waals surface area contributed by atoms with E-state index in [-0.39, 0.29) is 29.9 Å². The maximum Gasteiger partial charge on any atom is 0.309 e. The first kappa shape index (κ1) is 25.3. The number of benzene rings is 4. The Labute approximate surface area is 218 Å². The second kappa shape index (κ2) is 10.2. The number of ether oxygens (including phenoxy) is 2. The molecule has 5 rings (SSSR count). The lowest BCUT2D eigenvalue weighted by molar-refractivity contribution is -0.166. The van der Waals surface area contributed by atoms with Crippen molar-refractivity contribution in [2.45, 2.75) is 71.5 Å². The van der Waals surface area contributed by atoms with Gasteiger partial charge < -0.3 is 9.47 Å². The number of hydrogen-bond acceptors (Lipinski definition) is 4. The second-order valence-electron chi connectivity index (χ2n) is 11.1. The van der Waals surface area contributed by atoms with E-state index in [2.05, 4.69) is 66.7 Å². The fraction of sp³-hybridized carbons (Fsp3) is 0.394. The fourth-order valence-corrected chi connectivity index (χ4v) is 5.32. The van der Waals surface area contributed by atoms with Crippen LogP contribution >= 0.6 is 0 Å². The van der Waals surface area contributed by atoms with Crippen LogP contribution in [0.2, 0.25) is 0 Å². The third-order valence-corrected chi connectivity index (χ3v) is 8.02. The third kappa shape index (κ3) is 5.34. The number of hydrogen-bond donors (Lipinski definition) is 0. The highest BCUT2D eigenvalue weighted by Gasteiger charge is 2.34. The Morgan fingerprint density at radius 1 is 0.811 bits per heavy atom. The molecule has 0 spiro atoms. The monoisotopic (exact) mass is 496 g/mol. The molecule has 4 aromatic carbocycles. The summed E-state index contributed by atoms with van der Waals surface area (Å²) >= 11 is 0. The van der Waals surface area contributed by atoms with Gasteiger partial charge in [0.1, 0.15) is 11.7 Å². The van der Waals surface area contributed by atoms with E-state index in [1.807, 2.05) is 27.7 Å². The Morgan fingerprint density at radius 3 is 1.95 bits per heavy atom. The summed E-state index contributed by atoms with van der Waals surface area (Å²) < 4.78 is 11.7. The minimum Gasteiger partial charge on any atom is -0.462 e. The summed E-state index contributed by atoms with van der Waals surface area (Å²) in [6.07, 6.45) is 3.47. The summed E-state index contributed by atoms with van der Waals surface area (Å²) in [7, 11) is 0. The zero-order valence-electron chi connectivity index (χ0n) is 22.3. The van der Waals surface area contributed by atoms with E-state index < -0.39 is 5.60 Å². The van der Waals surface area contributed by atoms with E-state index in [0.717, 1.165) is 17.4 Å². The highest BCUT2D eigenvalue weighted by Crippen LogP contribution is 2.34. The van der Waals surface area contributed by atoms with Crippen LogP contribution in [-0.4, -0.2) is 18.0 Å². The molecule has 1 saturated carbocycles. The molecule has 37 heavy (non-hydrogen) atoms. The smallest absolute Gasteiger partial charge is 0.309 e. The van der Waals surface area contributed by atoms with Gasteiger partial charge in [0.05, 0.1) is 11.8 Å². The maximum atomic E-state index is 13.1. The van der Waals surface area contributed by atoms with Gasteiger partial charge in [-0.25, -0.2) is 0 Å². The molecule has 0 radical (unpaired) electrons. The van der Waals surface area contributed by atoms with Crippen LogP contribution in [0.25, 0.3) is 32.3 Å². The summed E-state index contributed by atoms with van der Waals surface area (Å²) in [6, 6.07) is 23.7. The molecule has 4 heteroatoms. The van der Waals surface area contributed by atoms with E-state index in [9.17, 15) is 9.59 Å². The highest BCUT2D eigenvalue weighted by atomic mass is 16.6. The van der Waals surface area contributed by atoms with E-state index in [0.29, 0.717) is 25.7 Å². The second-order valence-corrected chi connectivity index (χ2v) is 11.1. The Morgan fingerprint density at radius 2 is 1.35 bits per heavy atom. The van der Waals surface area contributed by atoms with Crippen LogP contribution in [0.5, 0.6) is 0 Å². The van der Waals surface area contributed by atoms with E-state index >= 15 is 0 Å². The average Bonchev–Trinajstić information content (AvgIpc) is 2.89. The normalized spacial score (nSPS) is 19.1. The first-order valence-electron chi connectivity index (χ1n) is 13.5. The van der Waals surface area contributed by atoms with Crippen molar-refractivity contribution < 1.29 is 19.1 Å². The van der Waals surface area contributed by atoms with Crippen LogP contribution in [0, 0.1) is 11.8 Å². The summed E-state index contributed by atoms with van der Waals surface area (Å²) in [5.74, 6) is -0.535.